The largest absolute Gasteiger partial charge is 0.338 e. The maximum Gasteiger partial charge on any atom is 0.265 e. The van der Waals surface area contributed by atoms with E-state index in [2.05, 4.69) is 12.2 Å². The van der Waals surface area contributed by atoms with Crippen LogP contribution >= 0.6 is 11.3 Å². The van der Waals surface area contributed by atoms with Crippen LogP contribution in [0.25, 0.3) is 0 Å². The van der Waals surface area contributed by atoms with E-state index in [-0.39, 0.29) is 11.8 Å². The normalized spacial score (nSPS) is 20.1. The molecule has 25 heavy (non-hydrogen) atoms. The number of hydrogen-bond acceptors (Lipinski definition) is 3. The molecule has 2 unspecified atom stereocenters. The molecule has 0 saturated heterocycles. The van der Waals surface area contributed by atoms with E-state index in [4.69, 9.17) is 0 Å². The van der Waals surface area contributed by atoms with Crippen molar-refractivity contribution >= 4 is 28.8 Å². The van der Waals surface area contributed by atoms with Gasteiger partial charge in [0.2, 0.25) is 0 Å². The van der Waals surface area contributed by atoms with Crippen LogP contribution in [0.4, 0.5) is 5.69 Å². The van der Waals surface area contributed by atoms with Crippen LogP contribution in [-0.4, -0.2) is 29.8 Å². The summed E-state index contributed by atoms with van der Waals surface area (Å²) < 4.78 is 0. The predicted molar refractivity (Wildman–Crippen MR) is 102 cm³/mol. The lowest BCUT2D eigenvalue weighted by Gasteiger charge is -2.36. The van der Waals surface area contributed by atoms with E-state index in [1.807, 2.05) is 41.6 Å². The molecule has 132 valence electrons. The summed E-state index contributed by atoms with van der Waals surface area (Å²) in [5, 5.41) is 4.74. The Bertz CT molecular complexity index is 742. The number of carbonyl (C=O) groups excluding carboxylic acids is 2. The molecule has 0 radical (unpaired) electrons. The lowest BCUT2D eigenvalue weighted by atomic mass is 9.85. The first kappa shape index (κ1) is 17.7. The van der Waals surface area contributed by atoms with Crippen molar-refractivity contribution in [3.05, 3.63) is 52.2 Å². The molecule has 0 aliphatic heterocycles. The molecule has 5 heteroatoms. The highest BCUT2D eigenvalue weighted by Crippen LogP contribution is 2.28. The fourth-order valence-electron chi connectivity index (χ4n) is 3.56. The zero-order valence-corrected chi connectivity index (χ0v) is 15.5. The summed E-state index contributed by atoms with van der Waals surface area (Å²) >= 11 is 1.40. The Morgan fingerprint density at radius 1 is 1.16 bits per heavy atom. The SMILES string of the molecule is CC1CCCCC1N(C)C(=O)c1cccc(NC(=O)c2cccs2)c1. The van der Waals surface area contributed by atoms with Crippen molar-refractivity contribution in [1.82, 2.24) is 4.90 Å². The fraction of sp³-hybridized carbons (Fsp3) is 0.400. The van der Waals surface area contributed by atoms with Gasteiger partial charge in [-0.2, -0.15) is 0 Å². The Kier molecular flexibility index (Phi) is 5.53. The summed E-state index contributed by atoms with van der Waals surface area (Å²) in [5.74, 6) is 0.407. The topological polar surface area (TPSA) is 49.4 Å². The van der Waals surface area contributed by atoms with Gasteiger partial charge in [-0.1, -0.05) is 31.9 Å². The van der Waals surface area contributed by atoms with Gasteiger partial charge in [0.25, 0.3) is 11.8 Å². The van der Waals surface area contributed by atoms with Gasteiger partial charge in [-0.3, -0.25) is 9.59 Å². The highest BCUT2D eigenvalue weighted by Gasteiger charge is 2.28. The van der Waals surface area contributed by atoms with Gasteiger partial charge >= 0.3 is 0 Å². The van der Waals surface area contributed by atoms with Crippen LogP contribution < -0.4 is 5.32 Å². The Hall–Kier alpha value is -2.14. The Labute approximate surface area is 152 Å². The van der Waals surface area contributed by atoms with E-state index in [0.717, 1.165) is 6.42 Å². The first-order valence-electron chi connectivity index (χ1n) is 8.78. The first-order chi connectivity index (χ1) is 12.1. The van der Waals surface area contributed by atoms with Crippen molar-refractivity contribution in [2.75, 3.05) is 12.4 Å². The zero-order chi connectivity index (χ0) is 17.8. The standard InChI is InChI=1S/C20H24N2O2S/c1-14-7-3-4-10-17(14)22(2)20(24)15-8-5-9-16(13-15)21-19(23)18-11-6-12-25-18/h5-6,8-9,11-14,17H,3-4,7,10H2,1-2H3,(H,21,23). The van der Waals surface area contributed by atoms with Gasteiger partial charge in [0.15, 0.2) is 0 Å². The molecule has 0 spiro atoms. The Morgan fingerprint density at radius 2 is 1.96 bits per heavy atom. The lowest BCUT2D eigenvalue weighted by molar-refractivity contribution is 0.0629. The second-order valence-electron chi connectivity index (χ2n) is 6.76. The molecule has 0 bridgehead atoms. The highest BCUT2D eigenvalue weighted by molar-refractivity contribution is 7.12. The molecule has 1 N–H and O–H groups in total. The van der Waals surface area contributed by atoms with Gasteiger partial charge in [0.1, 0.15) is 0 Å². The molecule has 3 rings (SSSR count). The number of amides is 2. The molecule has 1 aromatic heterocycles. The molecule has 4 nitrogen and oxygen atoms in total. The Morgan fingerprint density at radius 3 is 2.68 bits per heavy atom. The van der Waals surface area contributed by atoms with Crippen LogP contribution in [0.1, 0.15) is 52.6 Å². The van der Waals surface area contributed by atoms with Gasteiger partial charge in [-0.15, -0.1) is 11.3 Å². The van der Waals surface area contributed by atoms with Gasteiger partial charge in [0, 0.05) is 24.3 Å². The van der Waals surface area contributed by atoms with Gasteiger partial charge < -0.3 is 10.2 Å². The fourth-order valence-corrected chi connectivity index (χ4v) is 4.18. The van der Waals surface area contributed by atoms with Crippen LogP contribution in [-0.2, 0) is 0 Å². The molecule has 1 aliphatic rings. The molecule has 2 atom stereocenters. The number of anilines is 1. The number of hydrogen-bond donors (Lipinski definition) is 1. The van der Waals surface area contributed by atoms with Crippen molar-refractivity contribution in [3.63, 3.8) is 0 Å². The number of thiophene rings is 1. The van der Waals surface area contributed by atoms with Crippen molar-refractivity contribution in [3.8, 4) is 0 Å². The maximum atomic E-state index is 12.9. The van der Waals surface area contributed by atoms with E-state index in [1.165, 1.54) is 30.6 Å². The summed E-state index contributed by atoms with van der Waals surface area (Å²) in [6.45, 7) is 2.23. The smallest absolute Gasteiger partial charge is 0.265 e. The number of rotatable bonds is 4. The second kappa shape index (κ2) is 7.83. The average molecular weight is 356 g/mol. The van der Waals surface area contributed by atoms with E-state index in [1.54, 1.807) is 12.1 Å². The van der Waals surface area contributed by atoms with Gasteiger partial charge in [0.05, 0.1) is 4.88 Å². The summed E-state index contributed by atoms with van der Waals surface area (Å²) in [7, 11) is 1.89. The van der Waals surface area contributed by atoms with E-state index >= 15 is 0 Å². The number of nitrogens with zero attached hydrogens (tertiary/aromatic N) is 1. The number of carbonyl (C=O) groups is 2. The third-order valence-corrected chi connectivity index (χ3v) is 5.87. The third kappa shape index (κ3) is 4.10. The van der Waals surface area contributed by atoms with Crippen molar-refractivity contribution in [1.29, 1.82) is 0 Å². The highest BCUT2D eigenvalue weighted by atomic mass is 32.1. The minimum atomic E-state index is -0.145. The molecule has 1 fully saturated rings. The molecular weight excluding hydrogens is 332 g/mol. The quantitative estimate of drug-likeness (QED) is 0.867. The van der Waals surface area contributed by atoms with E-state index in [0.29, 0.717) is 28.1 Å². The van der Waals surface area contributed by atoms with Crippen molar-refractivity contribution in [2.24, 2.45) is 5.92 Å². The number of benzene rings is 1. The lowest BCUT2D eigenvalue weighted by Crippen LogP contribution is -2.42. The number of nitrogens with one attached hydrogen (secondary N) is 1. The second-order valence-corrected chi connectivity index (χ2v) is 7.71. The van der Waals surface area contributed by atoms with Crippen molar-refractivity contribution in [2.45, 2.75) is 38.6 Å². The van der Waals surface area contributed by atoms with Crippen molar-refractivity contribution < 1.29 is 9.59 Å². The van der Waals surface area contributed by atoms with Crippen LogP contribution in [0.5, 0.6) is 0 Å². The minimum Gasteiger partial charge on any atom is -0.338 e. The molecule has 2 amide bonds. The van der Waals surface area contributed by atoms with Crippen LogP contribution in [0, 0.1) is 5.92 Å². The van der Waals surface area contributed by atoms with E-state index < -0.39 is 0 Å². The Balaban J connectivity index is 1.72. The summed E-state index contributed by atoms with van der Waals surface area (Å²) in [6.07, 6.45) is 4.69. The summed E-state index contributed by atoms with van der Waals surface area (Å²) in [5.41, 5.74) is 1.26. The predicted octanol–water partition coefficient (Wildman–Crippen LogP) is 4.65. The maximum absolute atomic E-state index is 12.9. The van der Waals surface area contributed by atoms with Crippen LogP contribution in [0.15, 0.2) is 41.8 Å². The molecule has 1 aromatic carbocycles. The van der Waals surface area contributed by atoms with Gasteiger partial charge in [-0.25, -0.2) is 0 Å². The minimum absolute atomic E-state index is 0.0194. The molecule has 2 aromatic rings. The third-order valence-electron chi connectivity index (χ3n) is 5.00. The van der Waals surface area contributed by atoms with Crippen LogP contribution in [0.3, 0.4) is 0 Å². The zero-order valence-electron chi connectivity index (χ0n) is 14.7. The summed E-state index contributed by atoms with van der Waals surface area (Å²) in [4.78, 5) is 27.6. The molecule has 1 heterocycles. The molecular formula is C20H24N2O2S. The van der Waals surface area contributed by atoms with Crippen LogP contribution in [0.2, 0.25) is 0 Å². The molecule has 1 aliphatic carbocycles. The molecule has 1 saturated carbocycles. The van der Waals surface area contributed by atoms with Gasteiger partial charge in [-0.05, 0) is 48.4 Å². The summed E-state index contributed by atoms with van der Waals surface area (Å²) in [6, 6.07) is 11.1. The van der Waals surface area contributed by atoms with E-state index in [9.17, 15) is 9.59 Å². The average Bonchev–Trinajstić information content (AvgIpc) is 3.16. The first-order valence-corrected chi connectivity index (χ1v) is 9.66. The monoisotopic (exact) mass is 356 g/mol.